The van der Waals surface area contributed by atoms with Gasteiger partial charge in [0.25, 0.3) is 0 Å². The van der Waals surface area contributed by atoms with E-state index in [-0.39, 0.29) is 11.9 Å². The number of benzene rings is 1. The summed E-state index contributed by atoms with van der Waals surface area (Å²) in [6, 6.07) is 8.07. The van der Waals surface area contributed by atoms with Crippen LogP contribution in [0.5, 0.6) is 0 Å². The van der Waals surface area contributed by atoms with Gasteiger partial charge in [0.2, 0.25) is 5.91 Å². The van der Waals surface area contributed by atoms with Crippen LogP contribution in [0.4, 0.5) is 5.69 Å². The zero-order valence-corrected chi connectivity index (χ0v) is 13.1. The summed E-state index contributed by atoms with van der Waals surface area (Å²) in [5.41, 5.74) is 1.96. The predicted octanol–water partition coefficient (Wildman–Crippen LogP) is 2.35. The Morgan fingerprint density at radius 2 is 2.10 bits per heavy atom. The maximum Gasteiger partial charge on any atom is 0.221 e. The first-order valence-corrected chi connectivity index (χ1v) is 7.31. The molecule has 0 fully saturated rings. The molecule has 0 aliphatic carbocycles. The Morgan fingerprint density at radius 3 is 2.81 bits per heavy atom. The Kier molecular flexibility index (Phi) is 8.66. The van der Waals surface area contributed by atoms with Crippen molar-refractivity contribution < 1.29 is 14.3 Å². The summed E-state index contributed by atoms with van der Waals surface area (Å²) in [6.45, 7) is 6.53. The van der Waals surface area contributed by atoms with Gasteiger partial charge in [-0.25, -0.2) is 0 Å². The molecule has 0 aliphatic rings. The Bertz CT molecular complexity index is 424. The second kappa shape index (κ2) is 10.3. The van der Waals surface area contributed by atoms with Gasteiger partial charge in [-0.1, -0.05) is 12.1 Å². The Morgan fingerprint density at radius 1 is 1.29 bits per heavy atom. The molecule has 1 aromatic rings. The van der Waals surface area contributed by atoms with E-state index in [2.05, 4.69) is 17.6 Å². The molecule has 0 saturated carbocycles. The number of nitrogens with one attached hydrogen (secondary N) is 2. The molecule has 118 valence electrons. The molecule has 0 aromatic heterocycles. The van der Waals surface area contributed by atoms with E-state index < -0.39 is 0 Å². The number of carbonyl (C=O) groups excluding carboxylic acids is 1. The van der Waals surface area contributed by atoms with Crippen LogP contribution in [-0.4, -0.2) is 39.4 Å². The van der Waals surface area contributed by atoms with Gasteiger partial charge < -0.3 is 20.1 Å². The zero-order chi connectivity index (χ0) is 15.5. The number of rotatable bonds is 10. The first kappa shape index (κ1) is 17.6. The molecule has 0 spiro atoms. The third kappa shape index (κ3) is 7.80. The number of hydrogen-bond donors (Lipinski definition) is 2. The molecule has 0 bridgehead atoms. The molecule has 1 unspecified atom stereocenters. The zero-order valence-electron chi connectivity index (χ0n) is 13.1. The summed E-state index contributed by atoms with van der Waals surface area (Å²) in [4.78, 5) is 11.1. The predicted molar refractivity (Wildman–Crippen MR) is 84.5 cm³/mol. The van der Waals surface area contributed by atoms with Crippen molar-refractivity contribution in [2.75, 3.05) is 38.8 Å². The maximum atomic E-state index is 11.1. The second-order valence-electron chi connectivity index (χ2n) is 4.94. The van der Waals surface area contributed by atoms with Crippen LogP contribution in [-0.2, 0) is 14.3 Å². The highest BCUT2D eigenvalue weighted by atomic mass is 16.5. The topological polar surface area (TPSA) is 59.6 Å². The molecule has 0 heterocycles. The van der Waals surface area contributed by atoms with Crippen molar-refractivity contribution in [1.82, 2.24) is 5.32 Å². The minimum absolute atomic E-state index is 0.0581. The van der Waals surface area contributed by atoms with E-state index in [1.165, 1.54) is 6.92 Å². The van der Waals surface area contributed by atoms with Gasteiger partial charge in [-0.05, 0) is 31.0 Å². The Balaban J connectivity index is 2.28. The van der Waals surface area contributed by atoms with Gasteiger partial charge in [0.1, 0.15) is 0 Å². The van der Waals surface area contributed by atoms with E-state index in [9.17, 15) is 4.79 Å². The van der Waals surface area contributed by atoms with E-state index in [0.29, 0.717) is 6.61 Å². The van der Waals surface area contributed by atoms with Crippen LogP contribution in [0.1, 0.15) is 31.9 Å². The first-order chi connectivity index (χ1) is 10.1. The van der Waals surface area contributed by atoms with Crippen LogP contribution < -0.4 is 10.6 Å². The molecule has 1 atom stereocenters. The molecule has 5 nitrogen and oxygen atoms in total. The average molecular weight is 294 g/mol. The lowest BCUT2D eigenvalue weighted by Crippen LogP contribution is -2.23. The van der Waals surface area contributed by atoms with Gasteiger partial charge in [-0.15, -0.1) is 0 Å². The number of amides is 1. The molecule has 5 heteroatoms. The Labute approximate surface area is 127 Å². The van der Waals surface area contributed by atoms with Crippen molar-refractivity contribution >= 4 is 11.6 Å². The maximum absolute atomic E-state index is 11.1. The SMILES string of the molecule is COCCCOCCNC(C)c1cccc(NC(C)=O)c1. The summed E-state index contributed by atoms with van der Waals surface area (Å²) < 4.78 is 10.5. The molecule has 2 N–H and O–H groups in total. The van der Waals surface area contributed by atoms with Crippen LogP contribution in [0, 0.1) is 0 Å². The van der Waals surface area contributed by atoms with Gasteiger partial charge in [-0.3, -0.25) is 4.79 Å². The van der Waals surface area contributed by atoms with Crippen LogP contribution >= 0.6 is 0 Å². The van der Waals surface area contributed by atoms with E-state index in [4.69, 9.17) is 9.47 Å². The molecule has 0 saturated heterocycles. The van der Waals surface area contributed by atoms with Gasteiger partial charge in [0, 0.05) is 45.5 Å². The smallest absolute Gasteiger partial charge is 0.221 e. The van der Waals surface area contributed by atoms with Crippen LogP contribution in [0.15, 0.2) is 24.3 Å². The Hall–Kier alpha value is -1.43. The number of ether oxygens (including phenoxy) is 2. The minimum atomic E-state index is -0.0581. The number of hydrogen-bond acceptors (Lipinski definition) is 4. The van der Waals surface area contributed by atoms with E-state index in [1.54, 1.807) is 7.11 Å². The van der Waals surface area contributed by atoms with Crippen LogP contribution in [0.2, 0.25) is 0 Å². The van der Waals surface area contributed by atoms with Gasteiger partial charge in [0.05, 0.1) is 6.61 Å². The largest absolute Gasteiger partial charge is 0.385 e. The van der Waals surface area contributed by atoms with Crippen molar-refractivity contribution in [1.29, 1.82) is 0 Å². The first-order valence-electron chi connectivity index (χ1n) is 7.31. The van der Waals surface area contributed by atoms with E-state index in [0.717, 1.165) is 37.4 Å². The highest BCUT2D eigenvalue weighted by Crippen LogP contribution is 2.17. The lowest BCUT2D eigenvalue weighted by Gasteiger charge is -2.15. The number of carbonyl (C=O) groups is 1. The third-order valence-electron chi connectivity index (χ3n) is 3.04. The summed E-state index contributed by atoms with van der Waals surface area (Å²) >= 11 is 0. The van der Waals surface area contributed by atoms with E-state index >= 15 is 0 Å². The molecule has 1 aromatic carbocycles. The average Bonchev–Trinajstić information content (AvgIpc) is 2.45. The quantitative estimate of drug-likeness (QED) is 0.650. The monoisotopic (exact) mass is 294 g/mol. The molecular formula is C16H26N2O3. The highest BCUT2D eigenvalue weighted by molar-refractivity contribution is 5.88. The van der Waals surface area contributed by atoms with Crippen molar-refractivity contribution in [2.24, 2.45) is 0 Å². The molecule has 0 aliphatic heterocycles. The van der Waals surface area contributed by atoms with Gasteiger partial charge in [-0.2, -0.15) is 0 Å². The van der Waals surface area contributed by atoms with Crippen molar-refractivity contribution in [2.45, 2.75) is 26.3 Å². The normalized spacial score (nSPS) is 12.1. The van der Waals surface area contributed by atoms with Crippen molar-refractivity contribution in [3.63, 3.8) is 0 Å². The number of anilines is 1. The minimum Gasteiger partial charge on any atom is -0.385 e. The lowest BCUT2D eigenvalue weighted by atomic mass is 10.1. The highest BCUT2D eigenvalue weighted by Gasteiger charge is 2.05. The summed E-state index contributed by atoms with van der Waals surface area (Å²) in [5.74, 6) is -0.0581. The third-order valence-corrected chi connectivity index (χ3v) is 3.04. The molecule has 1 rings (SSSR count). The fourth-order valence-electron chi connectivity index (χ4n) is 1.96. The molecule has 21 heavy (non-hydrogen) atoms. The standard InChI is InChI=1S/C16H26N2O3/c1-13(17-8-11-21-10-5-9-20-3)15-6-4-7-16(12-15)18-14(2)19/h4,6-7,12-13,17H,5,8-11H2,1-3H3,(H,18,19). The molecule has 0 radical (unpaired) electrons. The molecule has 1 amide bonds. The fourth-order valence-corrected chi connectivity index (χ4v) is 1.96. The van der Waals surface area contributed by atoms with Gasteiger partial charge >= 0.3 is 0 Å². The van der Waals surface area contributed by atoms with Crippen LogP contribution in [0.25, 0.3) is 0 Å². The lowest BCUT2D eigenvalue weighted by molar-refractivity contribution is -0.114. The van der Waals surface area contributed by atoms with E-state index in [1.807, 2.05) is 24.3 Å². The van der Waals surface area contributed by atoms with Crippen molar-refractivity contribution in [3.8, 4) is 0 Å². The summed E-state index contributed by atoms with van der Waals surface area (Å²) in [7, 11) is 1.69. The van der Waals surface area contributed by atoms with Crippen LogP contribution in [0.3, 0.4) is 0 Å². The summed E-state index contributed by atoms with van der Waals surface area (Å²) in [5, 5.41) is 6.19. The number of methoxy groups -OCH3 is 1. The summed E-state index contributed by atoms with van der Waals surface area (Å²) in [6.07, 6.45) is 0.921. The second-order valence-corrected chi connectivity index (χ2v) is 4.94. The molecular weight excluding hydrogens is 268 g/mol. The van der Waals surface area contributed by atoms with Crippen molar-refractivity contribution in [3.05, 3.63) is 29.8 Å². The fraction of sp³-hybridized carbons (Fsp3) is 0.562. The van der Waals surface area contributed by atoms with Gasteiger partial charge in [0.15, 0.2) is 0 Å².